The van der Waals surface area contributed by atoms with Crippen LogP contribution < -0.4 is 10.1 Å². The zero-order valence-corrected chi connectivity index (χ0v) is 16.0. The van der Waals surface area contributed by atoms with Crippen LogP contribution in [0.3, 0.4) is 0 Å². The highest BCUT2D eigenvalue weighted by atomic mass is 32.1. The Labute approximate surface area is 161 Å². The lowest BCUT2D eigenvalue weighted by Gasteiger charge is -1.96. The Hall–Kier alpha value is -3.05. The van der Waals surface area contributed by atoms with E-state index in [4.69, 9.17) is 0 Å². The molecule has 4 aromatic rings. The Balaban J connectivity index is 1.64. The first-order chi connectivity index (χ1) is 13.1. The minimum Gasteiger partial charge on any atom is -0.266 e. The SMILES string of the molecule is CCc1ccc(C=c2sc3nc(C=Cc4ccc(C)cc4)nn3c2=O)cc1. The average molecular weight is 373 g/mol. The predicted molar refractivity (Wildman–Crippen MR) is 112 cm³/mol. The van der Waals surface area contributed by atoms with Crippen LogP contribution in [-0.2, 0) is 6.42 Å². The van der Waals surface area contributed by atoms with Crippen molar-refractivity contribution in [2.45, 2.75) is 20.3 Å². The fourth-order valence-electron chi connectivity index (χ4n) is 2.77. The number of aryl methyl sites for hydroxylation is 2. The van der Waals surface area contributed by atoms with Crippen LogP contribution >= 0.6 is 11.3 Å². The molecule has 2 aromatic heterocycles. The molecule has 4 nitrogen and oxygen atoms in total. The van der Waals surface area contributed by atoms with Gasteiger partial charge in [0.1, 0.15) is 0 Å². The molecule has 0 bridgehead atoms. The van der Waals surface area contributed by atoms with Crippen molar-refractivity contribution in [3.05, 3.63) is 91.5 Å². The predicted octanol–water partition coefficient (Wildman–Crippen LogP) is 3.74. The Morgan fingerprint density at radius 2 is 1.70 bits per heavy atom. The molecular weight excluding hydrogens is 354 g/mol. The maximum atomic E-state index is 12.6. The summed E-state index contributed by atoms with van der Waals surface area (Å²) in [6.45, 7) is 4.18. The number of hydrogen-bond donors (Lipinski definition) is 0. The number of nitrogens with zero attached hydrogens (tertiary/aromatic N) is 3. The third-order valence-corrected chi connectivity index (χ3v) is 5.35. The first-order valence-electron chi connectivity index (χ1n) is 8.87. The van der Waals surface area contributed by atoms with E-state index >= 15 is 0 Å². The van der Waals surface area contributed by atoms with E-state index in [1.807, 2.05) is 42.5 Å². The summed E-state index contributed by atoms with van der Waals surface area (Å²) < 4.78 is 2.02. The summed E-state index contributed by atoms with van der Waals surface area (Å²) in [5, 5.41) is 4.33. The van der Waals surface area contributed by atoms with Gasteiger partial charge >= 0.3 is 0 Å². The summed E-state index contributed by atoms with van der Waals surface area (Å²) >= 11 is 1.36. The largest absolute Gasteiger partial charge is 0.291 e. The molecule has 0 fully saturated rings. The van der Waals surface area contributed by atoms with Crippen molar-refractivity contribution in [2.75, 3.05) is 0 Å². The highest BCUT2D eigenvalue weighted by Crippen LogP contribution is 2.10. The molecule has 134 valence electrons. The van der Waals surface area contributed by atoms with Gasteiger partial charge in [-0.15, -0.1) is 5.10 Å². The topological polar surface area (TPSA) is 47.3 Å². The molecule has 2 heterocycles. The van der Waals surface area contributed by atoms with Crippen LogP contribution in [0, 0.1) is 6.92 Å². The first-order valence-corrected chi connectivity index (χ1v) is 9.69. The van der Waals surface area contributed by atoms with Crippen LogP contribution in [0.2, 0.25) is 0 Å². The van der Waals surface area contributed by atoms with Gasteiger partial charge in [-0.3, -0.25) is 4.79 Å². The quantitative estimate of drug-likeness (QED) is 0.547. The number of benzene rings is 2. The van der Waals surface area contributed by atoms with Gasteiger partial charge in [-0.2, -0.15) is 9.50 Å². The van der Waals surface area contributed by atoms with Gasteiger partial charge in [-0.25, -0.2) is 0 Å². The second kappa shape index (κ2) is 7.29. The zero-order chi connectivity index (χ0) is 18.8. The molecule has 0 unspecified atom stereocenters. The Bertz CT molecular complexity index is 1220. The lowest BCUT2D eigenvalue weighted by Crippen LogP contribution is -2.23. The fraction of sp³-hybridized carbons (Fsp3) is 0.136. The van der Waals surface area contributed by atoms with E-state index < -0.39 is 0 Å². The van der Waals surface area contributed by atoms with Crippen LogP contribution in [0.15, 0.2) is 53.3 Å². The van der Waals surface area contributed by atoms with Gasteiger partial charge in [0.15, 0.2) is 5.82 Å². The summed E-state index contributed by atoms with van der Waals surface area (Å²) in [6, 6.07) is 16.4. The molecule has 0 atom stereocenters. The molecule has 0 N–H and O–H groups in total. The minimum atomic E-state index is -0.128. The number of aromatic nitrogens is 3. The van der Waals surface area contributed by atoms with Crippen molar-refractivity contribution in [1.82, 2.24) is 14.6 Å². The molecule has 0 aliphatic heterocycles. The summed E-state index contributed by atoms with van der Waals surface area (Å²) in [5.74, 6) is 0.540. The van der Waals surface area contributed by atoms with E-state index in [2.05, 4.69) is 48.2 Å². The third kappa shape index (κ3) is 3.73. The Morgan fingerprint density at radius 3 is 2.37 bits per heavy atom. The highest BCUT2D eigenvalue weighted by molar-refractivity contribution is 7.15. The average Bonchev–Trinajstić information content (AvgIpc) is 3.21. The molecule has 0 saturated heterocycles. The van der Waals surface area contributed by atoms with Crippen molar-refractivity contribution in [3.63, 3.8) is 0 Å². The van der Waals surface area contributed by atoms with Crippen molar-refractivity contribution in [3.8, 4) is 0 Å². The highest BCUT2D eigenvalue weighted by Gasteiger charge is 2.08. The molecule has 0 radical (unpaired) electrons. The van der Waals surface area contributed by atoms with Crippen LogP contribution in [0.4, 0.5) is 0 Å². The van der Waals surface area contributed by atoms with Crippen LogP contribution in [0.25, 0.3) is 23.2 Å². The lowest BCUT2D eigenvalue weighted by atomic mass is 10.1. The van der Waals surface area contributed by atoms with Gasteiger partial charge in [-0.05, 0) is 42.2 Å². The molecule has 2 aromatic carbocycles. The molecule has 5 heteroatoms. The molecule has 0 aliphatic carbocycles. The van der Waals surface area contributed by atoms with Crippen molar-refractivity contribution < 1.29 is 0 Å². The van der Waals surface area contributed by atoms with E-state index in [-0.39, 0.29) is 5.56 Å². The normalized spacial score (nSPS) is 12.4. The summed E-state index contributed by atoms with van der Waals surface area (Å²) in [7, 11) is 0. The van der Waals surface area contributed by atoms with Gasteiger partial charge in [0.05, 0.1) is 4.53 Å². The summed E-state index contributed by atoms with van der Waals surface area (Å²) in [6.07, 6.45) is 6.68. The van der Waals surface area contributed by atoms with Gasteiger partial charge in [0.2, 0.25) is 4.96 Å². The molecule has 0 amide bonds. The van der Waals surface area contributed by atoms with Gasteiger partial charge in [0.25, 0.3) is 5.56 Å². The monoisotopic (exact) mass is 373 g/mol. The van der Waals surface area contributed by atoms with E-state index in [1.54, 1.807) is 0 Å². The number of hydrogen-bond acceptors (Lipinski definition) is 4. The zero-order valence-electron chi connectivity index (χ0n) is 15.2. The standard InChI is InChI=1S/C22H19N3OS/c1-3-16-8-10-18(11-9-16)14-19-21(26)25-22(27-19)23-20(24-25)13-12-17-6-4-15(2)5-7-17/h4-14H,3H2,1-2H3. The van der Waals surface area contributed by atoms with Crippen molar-refractivity contribution in [1.29, 1.82) is 0 Å². The molecule has 0 aliphatic rings. The number of fused-ring (bicyclic) bond motifs is 1. The second-order valence-electron chi connectivity index (χ2n) is 6.42. The van der Waals surface area contributed by atoms with E-state index in [9.17, 15) is 4.79 Å². The number of rotatable bonds is 4. The maximum absolute atomic E-state index is 12.6. The van der Waals surface area contributed by atoms with E-state index in [0.29, 0.717) is 15.3 Å². The van der Waals surface area contributed by atoms with Gasteiger partial charge in [-0.1, -0.05) is 78.4 Å². The molecule has 27 heavy (non-hydrogen) atoms. The second-order valence-corrected chi connectivity index (χ2v) is 7.43. The molecule has 0 saturated carbocycles. The van der Waals surface area contributed by atoms with Crippen molar-refractivity contribution >= 4 is 34.5 Å². The Kier molecular flexibility index (Phi) is 4.69. The Morgan fingerprint density at radius 1 is 1.00 bits per heavy atom. The fourth-order valence-corrected chi connectivity index (χ4v) is 3.68. The smallest absolute Gasteiger partial charge is 0.266 e. The third-order valence-electron chi connectivity index (χ3n) is 4.39. The van der Waals surface area contributed by atoms with E-state index in [1.165, 1.54) is 27.0 Å². The maximum Gasteiger partial charge on any atom is 0.291 e. The lowest BCUT2D eigenvalue weighted by molar-refractivity contribution is 0.925. The van der Waals surface area contributed by atoms with E-state index in [0.717, 1.165) is 17.5 Å². The van der Waals surface area contributed by atoms with Crippen LogP contribution in [0.1, 0.15) is 35.0 Å². The van der Waals surface area contributed by atoms with Crippen LogP contribution in [-0.4, -0.2) is 14.6 Å². The van der Waals surface area contributed by atoms with Crippen molar-refractivity contribution in [2.24, 2.45) is 0 Å². The molecule has 0 spiro atoms. The number of thiazole rings is 1. The van der Waals surface area contributed by atoms with Gasteiger partial charge < -0.3 is 0 Å². The molecular formula is C22H19N3OS. The minimum absolute atomic E-state index is 0.128. The molecule has 4 rings (SSSR count). The van der Waals surface area contributed by atoms with Gasteiger partial charge in [0, 0.05) is 0 Å². The summed E-state index contributed by atoms with van der Waals surface area (Å²) in [5.41, 5.74) is 4.45. The first kappa shape index (κ1) is 17.4. The summed E-state index contributed by atoms with van der Waals surface area (Å²) in [4.78, 5) is 17.7. The van der Waals surface area contributed by atoms with Crippen LogP contribution in [0.5, 0.6) is 0 Å².